The maximum absolute atomic E-state index is 11.0. The fourth-order valence-electron chi connectivity index (χ4n) is 1.99. The molecule has 0 fully saturated rings. The molecule has 19 heavy (non-hydrogen) atoms. The lowest BCUT2D eigenvalue weighted by atomic mass is 10.0. The maximum atomic E-state index is 11.0. The van der Waals surface area contributed by atoms with E-state index in [1.165, 1.54) is 11.3 Å². The lowest BCUT2D eigenvalue weighted by Gasteiger charge is -2.11. The molecule has 0 aliphatic rings. The van der Waals surface area contributed by atoms with Crippen molar-refractivity contribution in [3.63, 3.8) is 0 Å². The van der Waals surface area contributed by atoms with Crippen molar-refractivity contribution in [3.05, 3.63) is 34.9 Å². The molecule has 0 saturated heterocycles. The summed E-state index contributed by atoms with van der Waals surface area (Å²) in [6.45, 7) is 3.97. The molecule has 3 N–H and O–H groups in total. The topological polar surface area (TPSA) is 72.5 Å². The van der Waals surface area contributed by atoms with Crippen molar-refractivity contribution in [2.75, 3.05) is 12.8 Å². The van der Waals surface area contributed by atoms with E-state index in [-0.39, 0.29) is 5.56 Å². The third kappa shape index (κ3) is 2.29. The highest BCUT2D eigenvalue weighted by atomic mass is 32.1. The normalized spacial score (nSPS) is 10.5. The van der Waals surface area contributed by atoms with Gasteiger partial charge in [0.1, 0.15) is 10.8 Å². The molecular formula is C14H15NO3S. The quantitative estimate of drug-likeness (QED) is 0.902. The third-order valence-electron chi connectivity index (χ3n) is 3.21. The number of anilines is 1. The fourth-order valence-corrected chi connectivity index (χ4v) is 2.99. The van der Waals surface area contributed by atoms with Gasteiger partial charge in [-0.3, -0.25) is 0 Å². The van der Waals surface area contributed by atoms with Crippen LogP contribution in [-0.2, 0) is 0 Å². The Morgan fingerprint density at radius 3 is 2.53 bits per heavy atom. The minimum Gasteiger partial charge on any atom is -0.496 e. The van der Waals surface area contributed by atoms with Gasteiger partial charge in [0.25, 0.3) is 0 Å². The average Bonchev–Trinajstić information content (AvgIpc) is 2.74. The number of carboxylic acid groups (broad SMARTS) is 1. The lowest BCUT2D eigenvalue weighted by molar-refractivity contribution is 0.0698. The molecule has 1 heterocycles. The van der Waals surface area contributed by atoms with E-state index in [2.05, 4.69) is 0 Å². The Morgan fingerprint density at radius 1 is 1.32 bits per heavy atom. The van der Waals surface area contributed by atoms with Crippen LogP contribution in [0.4, 0.5) is 5.00 Å². The molecule has 0 atom stereocenters. The van der Waals surface area contributed by atoms with E-state index in [1.807, 2.05) is 26.0 Å². The Morgan fingerprint density at radius 2 is 2.00 bits per heavy atom. The number of hydrogen-bond donors (Lipinski definition) is 2. The largest absolute Gasteiger partial charge is 0.496 e. The van der Waals surface area contributed by atoms with Crippen LogP contribution >= 0.6 is 11.3 Å². The van der Waals surface area contributed by atoms with Crippen molar-refractivity contribution in [1.82, 2.24) is 0 Å². The summed E-state index contributed by atoms with van der Waals surface area (Å²) in [7, 11) is 1.63. The first-order valence-corrected chi connectivity index (χ1v) is 6.54. The second kappa shape index (κ2) is 4.93. The summed E-state index contributed by atoms with van der Waals surface area (Å²) in [6.07, 6.45) is 0. The van der Waals surface area contributed by atoms with Gasteiger partial charge in [0.2, 0.25) is 0 Å². The molecule has 4 nitrogen and oxygen atoms in total. The Kier molecular flexibility index (Phi) is 3.48. The molecule has 0 bridgehead atoms. The molecule has 1 aromatic heterocycles. The number of carboxylic acids is 1. The van der Waals surface area contributed by atoms with Crippen LogP contribution in [0.5, 0.6) is 5.75 Å². The van der Waals surface area contributed by atoms with Crippen LogP contribution < -0.4 is 10.5 Å². The summed E-state index contributed by atoms with van der Waals surface area (Å²) in [5.74, 6) is -0.174. The summed E-state index contributed by atoms with van der Waals surface area (Å²) in [5.41, 5.74) is 9.00. The van der Waals surface area contributed by atoms with Crippen molar-refractivity contribution in [3.8, 4) is 16.2 Å². The number of nitrogen functional groups attached to an aromatic ring is 1. The van der Waals surface area contributed by atoms with Gasteiger partial charge in [-0.1, -0.05) is 0 Å². The van der Waals surface area contributed by atoms with Gasteiger partial charge in [0.15, 0.2) is 0 Å². The SMILES string of the molecule is COc1ccc(-c2cc(C(=O)O)c(N)s2)c(C)c1C. The van der Waals surface area contributed by atoms with Gasteiger partial charge in [-0.2, -0.15) is 0 Å². The molecule has 1 aromatic carbocycles. The first-order chi connectivity index (χ1) is 8.95. The van der Waals surface area contributed by atoms with Crippen LogP contribution in [-0.4, -0.2) is 18.2 Å². The summed E-state index contributed by atoms with van der Waals surface area (Å²) in [4.78, 5) is 11.9. The smallest absolute Gasteiger partial charge is 0.338 e. The summed E-state index contributed by atoms with van der Waals surface area (Å²) < 4.78 is 5.27. The Labute approximate surface area is 115 Å². The maximum Gasteiger partial charge on any atom is 0.338 e. The number of thiophene rings is 1. The predicted octanol–water partition coefficient (Wildman–Crippen LogP) is 3.32. The summed E-state index contributed by atoms with van der Waals surface area (Å²) in [5, 5.41) is 9.37. The second-order valence-corrected chi connectivity index (χ2v) is 5.34. The molecule has 5 heteroatoms. The van der Waals surface area contributed by atoms with Crippen LogP contribution in [0.2, 0.25) is 0 Å². The molecule has 0 unspecified atom stereocenters. The molecule has 0 spiro atoms. The molecule has 0 radical (unpaired) electrons. The number of rotatable bonds is 3. The average molecular weight is 277 g/mol. The van der Waals surface area contributed by atoms with E-state index in [0.29, 0.717) is 5.00 Å². The highest BCUT2D eigenvalue weighted by molar-refractivity contribution is 7.19. The molecule has 0 amide bonds. The minimum atomic E-state index is -0.997. The highest BCUT2D eigenvalue weighted by Crippen LogP contribution is 2.37. The number of benzene rings is 1. The zero-order valence-electron chi connectivity index (χ0n) is 11.0. The minimum absolute atomic E-state index is 0.160. The summed E-state index contributed by atoms with van der Waals surface area (Å²) >= 11 is 1.29. The number of nitrogens with two attached hydrogens (primary N) is 1. The molecular weight excluding hydrogens is 262 g/mol. The monoisotopic (exact) mass is 277 g/mol. The van der Waals surface area contributed by atoms with E-state index in [4.69, 9.17) is 15.6 Å². The second-order valence-electron chi connectivity index (χ2n) is 4.26. The first kappa shape index (κ1) is 13.4. The standard InChI is InChI=1S/C14H15NO3S/c1-7-8(2)11(18-3)5-4-9(7)12-6-10(14(16)17)13(15)19-12/h4-6H,15H2,1-3H3,(H,16,17). The van der Waals surface area contributed by atoms with E-state index >= 15 is 0 Å². The van der Waals surface area contributed by atoms with Crippen molar-refractivity contribution in [2.45, 2.75) is 13.8 Å². The van der Waals surface area contributed by atoms with E-state index < -0.39 is 5.97 Å². The number of ether oxygens (including phenoxy) is 1. The lowest BCUT2D eigenvalue weighted by Crippen LogP contribution is -1.97. The van der Waals surface area contributed by atoms with Crippen LogP contribution in [0.1, 0.15) is 21.5 Å². The molecule has 2 rings (SSSR count). The number of aromatic carboxylic acids is 1. The predicted molar refractivity (Wildman–Crippen MR) is 77.2 cm³/mol. The van der Waals surface area contributed by atoms with Gasteiger partial charge in [-0.05, 0) is 48.7 Å². The zero-order valence-corrected chi connectivity index (χ0v) is 11.8. The van der Waals surface area contributed by atoms with Gasteiger partial charge in [-0.15, -0.1) is 11.3 Å². The molecule has 0 aliphatic heterocycles. The van der Waals surface area contributed by atoms with E-state index in [9.17, 15) is 4.79 Å². The van der Waals surface area contributed by atoms with Gasteiger partial charge < -0.3 is 15.6 Å². The number of carbonyl (C=O) groups is 1. The zero-order chi connectivity index (χ0) is 14.2. The van der Waals surface area contributed by atoms with Gasteiger partial charge in [0, 0.05) is 4.88 Å². The van der Waals surface area contributed by atoms with Gasteiger partial charge in [-0.25, -0.2) is 4.79 Å². The van der Waals surface area contributed by atoms with Crippen LogP contribution in [0.25, 0.3) is 10.4 Å². The molecule has 100 valence electrons. The third-order valence-corrected chi connectivity index (χ3v) is 4.21. The molecule has 2 aromatic rings. The van der Waals surface area contributed by atoms with E-state index in [0.717, 1.165) is 27.3 Å². The van der Waals surface area contributed by atoms with Crippen molar-refractivity contribution in [2.24, 2.45) is 0 Å². The van der Waals surface area contributed by atoms with Crippen molar-refractivity contribution < 1.29 is 14.6 Å². The first-order valence-electron chi connectivity index (χ1n) is 5.73. The van der Waals surface area contributed by atoms with Crippen LogP contribution in [0, 0.1) is 13.8 Å². The van der Waals surface area contributed by atoms with Gasteiger partial charge >= 0.3 is 5.97 Å². The van der Waals surface area contributed by atoms with Crippen molar-refractivity contribution in [1.29, 1.82) is 0 Å². The highest BCUT2D eigenvalue weighted by Gasteiger charge is 2.16. The van der Waals surface area contributed by atoms with Crippen molar-refractivity contribution >= 4 is 22.3 Å². The summed E-state index contributed by atoms with van der Waals surface area (Å²) in [6, 6.07) is 5.43. The van der Waals surface area contributed by atoms with Crippen LogP contribution in [0.15, 0.2) is 18.2 Å². The van der Waals surface area contributed by atoms with Crippen LogP contribution in [0.3, 0.4) is 0 Å². The Bertz CT molecular complexity index is 646. The number of hydrogen-bond acceptors (Lipinski definition) is 4. The Balaban J connectivity index is 2.57. The number of methoxy groups -OCH3 is 1. The molecule has 0 aliphatic carbocycles. The van der Waals surface area contributed by atoms with E-state index in [1.54, 1.807) is 13.2 Å². The Hall–Kier alpha value is -2.01. The molecule has 0 saturated carbocycles. The fraction of sp³-hybridized carbons (Fsp3) is 0.214. The van der Waals surface area contributed by atoms with Gasteiger partial charge in [0.05, 0.1) is 12.7 Å².